The van der Waals surface area contributed by atoms with Crippen LogP contribution in [0.15, 0.2) is 47.2 Å². The number of benzene rings is 1. The van der Waals surface area contributed by atoms with Gasteiger partial charge in [0.1, 0.15) is 18.4 Å². The summed E-state index contributed by atoms with van der Waals surface area (Å²) in [7, 11) is 0. The Morgan fingerprint density at radius 2 is 2.12 bits per heavy atom. The van der Waals surface area contributed by atoms with Crippen molar-refractivity contribution in [2.75, 3.05) is 13.1 Å². The molecule has 0 atom stereocenters. The maximum Gasteiger partial charge on any atom is 0.237 e. The van der Waals surface area contributed by atoms with E-state index >= 15 is 0 Å². The maximum atomic E-state index is 11.2. The van der Waals surface area contributed by atoms with E-state index in [9.17, 15) is 4.79 Å². The number of likely N-dealkylation sites (tertiary alicyclic amines) is 1. The van der Waals surface area contributed by atoms with Crippen LogP contribution >= 0.6 is 0 Å². The number of aromatic nitrogens is 2. The lowest BCUT2D eigenvalue weighted by Crippen LogP contribution is -2.37. The molecule has 0 spiro atoms. The zero-order chi connectivity index (χ0) is 17.9. The van der Waals surface area contributed by atoms with Gasteiger partial charge >= 0.3 is 0 Å². The van der Waals surface area contributed by atoms with Crippen LogP contribution in [0.25, 0.3) is 10.9 Å². The highest BCUT2D eigenvalue weighted by Crippen LogP contribution is 2.29. The fourth-order valence-corrected chi connectivity index (χ4v) is 3.51. The largest absolute Gasteiger partial charge is 0.490 e. The molecule has 0 unspecified atom stereocenters. The molecule has 0 saturated carbocycles. The number of ether oxygens (including phenoxy) is 1. The van der Waals surface area contributed by atoms with Gasteiger partial charge in [0.05, 0.1) is 18.3 Å². The number of hydrogen-bond acceptors (Lipinski definition) is 5. The summed E-state index contributed by atoms with van der Waals surface area (Å²) in [6, 6.07) is 9.80. The van der Waals surface area contributed by atoms with E-state index < -0.39 is 0 Å². The standard InChI is InChI=1S/C19H22N4O3/c20-19(24)13-23-11-7-16-17(23)2-1-3-18(16)25-14-5-9-22(10-6-14)12-15-4-8-21-26-15/h1-4,7-8,11,14H,5-6,9-10,12-13H2,(H2,20,24). The number of fused-ring (bicyclic) bond motifs is 1. The molecule has 2 aromatic heterocycles. The van der Waals surface area contributed by atoms with Crippen LogP contribution in [0.4, 0.5) is 0 Å². The van der Waals surface area contributed by atoms with E-state index in [0.29, 0.717) is 0 Å². The summed E-state index contributed by atoms with van der Waals surface area (Å²) < 4.78 is 13.3. The summed E-state index contributed by atoms with van der Waals surface area (Å²) >= 11 is 0. The van der Waals surface area contributed by atoms with Gasteiger partial charge in [-0.1, -0.05) is 11.2 Å². The molecule has 2 N–H and O–H groups in total. The van der Waals surface area contributed by atoms with E-state index in [4.69, 9.17) is 15.0 Å². The zero-order valence-electron chi connectivity index (χ0n) is 14.5. The predicted octanol–water partition coefficient (Wildman–Crippen LogP) is 2.16. The van der Waals surface area contributed by atoms with Gasteiger partial charge in [-0.25, -0.2) is 0 Å². The molecule has 1 aliphatic rings. The van der Waals surface area contributed by atoms with Crippen molar-refractivity contribution in [1.82, 2.24) is 14.6 Å². The number of nitrogens with two attached hydrogens (primary N) is 1. The fourth-order valence-electron chi connectivity index (χ4n) is 3.51. The molecule has 26 heavy (non-hydrogen) atoms. The highest BCUT2D eigenvalue weighted by molar-refractivity contribution is 5.87. The number of carbonyl (C=O) groups is 1. The summed E-state index contributed by atoms with van der Waals surface area (Å²) in [5, 5.41) is 4.76. The summed E-state index contributed by atoms with van der Waals surface area (Å²) in [6.45, 7) is 2.89. The van der Waals surface area contributed by atoms with Crippen molar-refractivity contribution in [2.45, 2.75) is 32.0 Å². The van der Waals surface area contributed by atoms with Crippen molar-refractivity contribution in [1.29, 1.82) is 0 Å². The Morgan fingerprint density at radius 3 is 2.85 bits per heavy atom. The normalized spacial score (nSPS) is 16.2. The maximum absolute atomic E-state index is 11.2. The molecular formula is C19H22N4O3. The molecule has 1 saturated heterocycles. The first kappa shape index (κ1) is 16.7. The minimum Gasteiger partial charge on any atom is -0.490 e. The minimum absolute atomic E-state index is 0.174. The number of primary amides is 1. The van der Waals surface area contributed by atoms with Gasteiger partial charge in [0.2, 0.25) is 5.91 Å². The van der Waals surface area contributed by atoms with Crippen LogP contribution < -0.4 is 10.5 Å². The average Bonchev–Trinajstić information content (AvgIpc) is 3.27. The van der Waals surface area contributed by atoms with Gasteiger partial charge in [0.25, 0.3) is 0 Å². The Kier molecular flexibility index (Phi) is 4.62. The van der Waals surface area contributed by atoms with Crippen LogP contribution in [0.3, 0.4) is 0 Å². The Morgan fingerprint density at radius 1 is 1.27 bits per heavy atom. The molecule has 136 valence electrons. The Hall–Kier alpha value is -2.80. The zero-order valence-corrected chi connectivity index (χ0v) is 14.5. The summed E-state index contributed by atoms with van der Waals surface area (Å²) in [4.78, 5) is 13.6. The van der Waals surface area contributed by atoms with Crippen LogP contribution in [0, 0.1) is 0 Å². The van der Waals surface area contributed by atoms with E-state index in [0.717, 1.165) is 54.9 Å². The van der Waals surface area contributed by atoms with Gasteiger partial charge in [-0.15, -0.1) is 0 Å². The molecule has 1 fully saturated rings. The Labute approximate surface area is 151 Å². The quantitative estimate of drug-likeness (QED) is 0.733. The summed E-state index contributed by atoms with van der Waals surface area (Å²) in [5.41, 5.74) is 6.28. The molecule has 4 rings (SSSR count). The number of rotatable bonds is 6. The summed E-state index contributed by atoms with van der Waals surface area (Å²) in [5.74, 6) is 1.40. The molecule has 1 aliphatic heterocycles. The third kappa shape index (κ3) is 3.57. The molecule has 0 aliphatic carbocycles. The number of hydrogen-bond donors (Lipinski definition) is 1. The van der Waals surface area contributed by atoms with Crippen LogP contribution in [-0.2, 0) is 17.9 Å². The monoisotopic (exact) mass is 354 g/mol. The molecule has 0 bridgehead atoms. The van der Waals surface area contributed by atoms with Gasteiger partial charge < -0.3 is 19.6 Å². The van der Waals surface area contributed by atoms with Crippen LogP contribution in [-0.4, -0.2) is 39.7 Å². The van der Waals surface area contributed by atoms with E-state index in [-0.39, 0.29) is 18.6 Å². The van der Waals surface area contributed by atoms with E-state index in [1.807, 2.05) is 41.1 Å². The van der Waals surface area contributed by atoms with Gasteiger partial charge in [0.15, 0.2) is 5.76 Å². The smallest absolute Gasteiger partial charge is 0.237 e. The van der Waals surface area contributed by atoms with Crippen LogP contribution in [0.1, 0.15) is 18.6 Å². The molecule has 3 aromatic rings. The molecule has 1 aromatic carbocycles. The Balaban J connectivity index is 1.40. The lowest BCUT2D eigenvalue weighted by molar-refractivity contribution is -0.118. The van der Waals surface area contributed by atoms with Gasteiger partial charge in [-0.05, 0) is 31.0 Å². The first-order valence-corrected chi connectivity index (χ1v) is 8.84. The average molecular weight is 354 g/mol. The predicted molar refractivity (Wildman–Crippen MR) is 96.6 cm³/mol. The van der Waals surface area contributed by atoms with Gasteiger partial charge in [0, 0.05) is 30.7 Å². The number of piperidine rings is 1. The van der Waals surface area contributed by atoms with Crippen molar-refractivity contribution in [2.24, 2.45) is 5.73 Å². The van der Waals surface area contributed by atoms with E-state index in [2.05, 4.69) is 10.1 Å². The van der Waals surface area contributed by atoms with E-state index in [1.54, 1.807) is 6.20 Å². The molecule has 3 heterocycles. The first-order valence-electron chi connectivity index (χ1n) is 8.84. The van der Waals surface area contributed by atoms with Crippen molar-refractivity contribution in [3.8, 4) is 5.75 Å². The van der Waals surface area contributed by atoms with Gasteiger partial charge in [-0.3, -0.25) is 9.69 Å². The lowest BCUT2D eigenvalue weighted by Gasteiger charge is -2.31. The second kappa shape index (κ2) is 7.21. The van der Waals surface area contributed by atoms with Crippen molar-refractivity contribution < 1.29 is 14.1 Å². The molecule has 0 radical (unpaired) electrons. The molecular weight excluding hydrogens is 332 g/mol. The number of nitrogens with zero attached hydrogens (tertiary/aromatic N) is 3. The lowest BCUT2D eigenvalue weighted by atomic mass is 10.1. The summed E-state index contributed by atoms with van der Waals surface area (Å²) in [6.07, 6.45) is 5.67. The highest BCUT2D eigenvalue weighted by Gasteiger charge is 2.22. The second-order valence-corrected chi connectivity index (χ2v) is 6.67. The molecule has 1 amide bonds. The SMILES string of the molecule is NC(=O)Cn1ccc2c(OC3CCN(Cc4ccno4)CC3)cccc21. The molecule has 7 nitrogen and oxygen atoms in total. The van der Waals surface area contributed by atoms with Crippen molar-refractivity contribution in [3.05, 3.63) is 48.5 Å². The number of carbonyl (C=O) groups excluding carboxylic acids is 1. The second-order valence-electron chi connectivity index (χ2n) is 6.67. The number of amides is 1. The third-order valence-electron chi connectivity index (χ3n) is 4.80. The molecule has 7 heteroatoms. The van der Waals surface area contributed by atoms with Crippen molar-refractivity contribution >= 4 is 16.8 Å². The van der Waals surface area contributed by atoms with Gasteiger partial charge in [-0.2, -0.15) is 0 Å². The highest BCUT2D eigenvalue weighted by atomic mass is 16.5. The van der Waals surface area contributed by atoms with E-state index in [1.165, 1.54) is 0 Å². The van der Waals surface area contributed by atoms with Crippen LogP contribution in [0.5, 0.6) is 5.75 Å². The first-order chi connectivity index (χ1) is 12.7. The topological polar surface area (TPSA) is 86.5 Å². The Bertz CT molecular complexity index is 879. The van der Waals surface area contributed by atoms with Crippen molar-refractivity contribution in [3.63, 3.8) is 0 Å². The minimum atomic E-state index is -0.354. The fraction of sp³-hybridized carbons (Fsp3) is 0.368. The van der Waals surface area contributed by atoms with Crippen LogP contribution in [0.2, 0.25) is 0 Å². The third-order valence-corrected chi connectivity index (χ3v) is 4.80.